The summed E-state index contributed by atoms with van der Waals surface area (Å²) in [4.78, 5) is 13.7. The lowest BCUT2D eigenvalue weighted by atomic mass is 10.1. The van der Waals surface area contributed by atoms with Gasteiger partial charge in [0.2, 0.25) is 0 Å². The topological polar surface area (TPSA) is 44.3 Å². The van der Waals surface area contributed by atoms with Crippen LogP contribution in [0.4, 0.5) is 17.3 Å². The van der Waals surface area contributed by atoms with Crippen LogP contribution in [0.1, 0.15) is 24.1 Å². The minimum absolute atomic E-state index is 0.196. The summed E-state index contributed by atoms with van der Waals surface area (Å²) in [6, 6.07) is 21.4. The quantitative estimate of drug-likeness (QED) is 0.723. The standard InChI is InChI=1S/C23H27N5/c1-18-7-6-10-21(15-18)27-11-13-28(14-12-27)23-16-22(24-17-25-23)26-19(2)20-8-4-3-5-9-20/h3-10,15-17,19H,11-14H2,1-2H3,(H,24,25,26). The number of aryl methyl sites for hydroxylation is 1. The first-order valence-electron chi connectivity index (χ1n) is 9.89. The van der Waals surface area contributed by atoms with E-state index in [4.69, 9.17) is 0 Å². The molecule has 1 fully saturated rings. The van der Waals surface area contributed by atoms with Crippen LogP contribution in [0.15, 0.2) is 67.0 Å². The minimum Gasteiger partial charge on any atom is -0.368 e. The van der Waals surface area contributed by atoms with Crippen molar-refractivity contribution in [1.82, 2.24) is 9.97 Å². The van der Waals surface area contributed by atoms with Crippen molar-refractivity contribution in [2.24, 2.45) is 0 Å². The normalized spacial score (nSPS) is 15.4. The number of aromatic nitrogens is 2. The van der Waals surface area contributed by atoms with Crippen molar-refractivity contribution in [2.45, 2.75) is 19.9 Å². The highest BCUT2D eigenvalue weighted by molar-refractivity contribution is 5.53. The van der Waals surface area contributed by atoms with Crippen molar-refractivity contribution in [3.8, 4) is 0 Å². The highest BCUT2D eigenvalue weighted by Crippen LogP contribution is 2.23. The second kappa shape index (κ2) is 8.30. The smallest absolute Gasteiger partial charge is 0.134 e. The predicted octanol–water partition coefficient (Wildman–Crippen LogP) is 4.28. The third kappa shape index (κ3) is 4.25. The van der Waals surface area contributed by atoms with Crippen LogP contribution in [0, 0.1) is 6.92 Å². The van der Waals surface area contributed by atoms with Crippen LogP contribution < -0.4 is 15.1 Å². The second-order valence-electron chi connectivity index (χ2n) is 7.35. The summed E-state index contributed by atoms with van der Waals surface area (Å²) in [5.41, 5.74) is 3.86. The Morgan fingerprint density at radius 3 is 2.36 bits per heavy atom. The Labute approximate surface area is 167 Å². The van der Waals surface area contributed by atoms with E-state index in [0.717, 1.165) is 37.8 Å². The maximum atomic E-state index is 4.51. The number of nitrogens with one attached hydrogen (secondary N) is 1. The molecule has 5 heteroatoms. The molecular formula is C23H27N5. The van der Waals surface area contributed by atoms with Gasteiger partial charge in [0, 0.05) is 44.0 Å². The molecule has 0 bridgehead atoms. The molecule has 1 aliphatic heterocycles. The van der Waals surface area contributed by atoms with E-state index in [1.165, 1.54) is 16.8 Å². The van der Waals surface area contributed by atoms with Gasteiger partial charge in [-0.05, 0) is 37.1 Å². The van der Waals surface area contributed by atoms with Crippen molar-refractivity contribution in [3.05, 3.63) is 78.1 Å². The lowest BCUT2D eigenvalue weighted by Crippen LogP contribution is -2.46. The Morgan fingerprint density at radius 2 is 1.61 bits per heavy atom. The monoisotopic (exact) mass is 373 g/mol. The van der Waals surface area contributed by atoms with E-state index >= 15 is 0 Å². The summed E-state index contributed by atoms with van der Waals surface area (Å²) in [6.45, 7) is 8.20. The average molecular weight is 374 g/mol. The molecule has 0 amide bonds. The van der Waals surface area contributed by atoms with Crippen molar-refractivity contribution in [1.29, 1.82) is 0 Å². The Hall–Kier alpha value is -3.08. The number of piperazine rings is 1. The van der Waals surface area contributed by atoms with E-state index in [0.29, 0.717) is 0 Å². The van der Waals surface area contributed by atoms with Crippen molar-refractivity contribution in [2.75, 3.05) is 41.3 Å². The van der Waals surface area contributed by atoms with Crippen LogP contribution in [0.25, 0.3) is 0 Å². The zero-order valence-electron chi connectivity index (χ0n) is 16.5. The first-order valence-corrected chi connectivity index (χ1v) is 9.89. The summed E-state index contributed by atoms with van der Waals surface area (Å²) in [5, 5.41) is 3.49. The predicted molar refractivity (Wildman–Crippen MR) is 116 cm³/mol. The van der Waals surface area contributed by atoms with Gasteiger partial charge in [-0.25, -0.2) is 9.97 Å². The molecule has 28 heavy (non-hydrogen) atoms. The zero-order chi connectivity index (χ0) is 19.3. The average Bonchev–Trinajstić information content (AvgIpc) is 2.75. The number of rotatable bonds is 5. The summed E-state index contributed by atoms with van der Waals surface area (Å²) >= 11 is 0. The number of nitrogens with zero attached hydrogens (tertiary/aromatic N) is 4. The van der Waals surface area contributed by atoms with Gasteiger partial charge in [0.25, 0.3) is 0 Å². The van der Waals surface area contributed by atoms with Crippen molar-refractivity contribution < 1.29 is 0 Å². The third-order valence-corrected chi connectivity index (χ3v) is 5.29. The maximum Gasteiger partial charge on any atom is 0.134 e. The molecule has 3 aromatic rings. The fourth-order valence-corrected chi connectivity index (χ4v) is 3.66. The molecule has 1 N–H and O–H groups in total. The van der Waals surface area contributed by atoms with E-state index in [1.54, 1.807) is 6.33 Å². The lowest BCUT2D eigenvalue weighted by molar-refractivity contribution is 0.646. The van der Waals surface area contributed by atoms with Crippen LogP contribution in [0.3, 0.4) is 0 Å². The Kier molecular flexibility index (Phi) is 5.42. The van der Waals surface area contributed by atoms with E-state index in [-0.39, 0.29) is 6.04 Å². The molecule has 0 radical (unpaired) electrons. The molecule has 5 nitrogen and oxygen atoms in total. The maximum absolute atomic E-state index is 4.51. The second-order valence-corrected chi connectivity index (χ2v) is 7.35. The number of anilines is 3. The highest BCUT2D eigenvalue weighted by Gasteiger charge is 2.19. The highest BCUT2D eigenvalue weighted by atomic mass is 15.3. The van der Waals surface area contributed by atoms with Gasteiger partial charge >= 0.3 is 0 Å². The summed E-state index contributed by atoms with van der Waals surface area (Å²) in [7, 11) is 0. The number of hydrogen-bond donors (Lipinski definition) is 1. The summed E-state index contributed by atoms with van der Waals surface area (Å²) in [5.74, 6) is 1.85. The van der Waals surface area contributed by atoms with Gasteiger partial charge in [0.1, 0.15) is 18.0 Å². The molecule has 0 saturated carbocycles. The van der Waals surface area contributed by atoms with Gasteiger partial charge in [-0.15, -0.1) is 0 Å². The van der Waals surface area contributed by atoms with Gasteiger partial charge in [-0.1, -0.05) is 42.5 Å². The van der Waals surface area contributed by atoms with Crippen molar-refractivity contribution in [3.63, 3.8) is 0 Å². The first kappa shape index (κ1) is 18.3. The third-order valence-electron chi connectivity index (χ3n) is 5.29. The molecule has 0 spiro atoms. The molecule has 2 aromatic carbocycles. The zero-order valence-corrected chi connectivity index (χ0v) is 16.5. The van der Waals surface area contributed by atoms with E-state index in [1.807, 2.05) is 6.07 Å². The number of hydrogen-bond acceptors (Lipinski definition) is 5. The van der Waals surface area contributed by atoms with Crippen LogP contribution in [-0.2, 0) is 0 Å². The van der Waals surface area contributed by atoms with Gasteiger partial charge in [0.05, 0.1) is 0 Å². The molecule has 1 saturated heterocycles. The van der Waals surface area contributed by atoms with Gasteiger partial charge in [0.15, 0.2) is 0 Å². The van der Waals surface area contributed by atoms with E-state index < -0.39 is 0 Å². The molecular weight excluding hydrogens is 346 g/mol. The molecule has 144 valence electrons. The van der Waals surface area contributed by atoms with Gasteiger partial charge in [-0.2, -0.15) is 0 Å². The first-order chi connectivity index (χ1) is 13.7. The number of benzene rings is 2. The molecule has 1 aliphatic rings. The molecule has 2 heterocycles. The molecule has 0 aliphatic carbocycles. The van der Waals surface area contributed by atoms with E-state index in [2.05, 4.69) is 93.5 Å². The Bertz CT molecular complexity index is 904. The van der Waals surface area contributed by atoms with Crippen molar-refractivity contribution >= 4 is 17.3 Å². The van der Waals surface area contributed by atoms with Crippen LogP contribution in [0.2, 0.25) is 0 Å². The van der Waals surface area contributed by atoms with Gasteiger partial charge in [-0.3, -0.25) is 0 Å². The van der Waals surface area contributed by atoms with Crippen LogP contribution in [-0.4, -0.2) is 36.1 Å². The van der Waals surface area contributed by atoms with E-state index in [9.17, 15) is 0 Å². The molecule has 1 unspecified atom stereocenters. The molecule has 4 rings (SSSR count). The van der Waals surface area contributed by atoms with Crippen LogP contribution in [0.5, 0.6) is 0 Å². The minimum atomic E-state index is 0.196. The fraction of sp³-hybridized carbons (Fsp3) is 0.304. The Morgan fingerprint density at radius 1 is 0.857 bits per heavy atom. The fourth-order valence-electron chi connectivity index (χ4n) is 3.66. The summed E-state index contributed by atoms with van der Waals surface area (Å²) in [6.07, 6.45) is 1.66. The molecule has 1 atom stereocenters. The summed E-state index contributed by atoms with van der Waals surface area (Å²) < 4.78 is 0. The largest absolute Gasteiger partial charge is 0.368 e. The van der Waals surface area contributed by atoms with Gasteiger partial charge < -0.3 is 15.1 Å². The lowest BCUT2D eigenvalue weighted by Gasteiger charge is -2.37. The molecule has 1 aromatic heterocycles. The SMILES string of the molecule is Cc1cccc(N2CCN(c3cc(NC(C)c4ccccc4)ncn3)CC2)c1. The Balaban J connectivity index is 1.40. The van der Waals surface area contributed by atoms with Crippen LogP contribution >= 0.6 is 0 Å².